The molecule has 1 heterocycles. The lowest BCUT2D eigenvalue weighted by Crippen LogP contribution is -2.27. The molecule has 0 amide bonds. The number of aromatic carboxylic acids is 1. The first-order valence-corrected chi connectivity index (χ1v) is 6.81. The molecule has 0 saturated carbocycles. The van der Waals surface area contributed by atoms with Crippen molar-refractivity contribution in [2.45, 2.75) is 19.5 Å². The lowest BCUT2D eigenvalue weighted by molar-refractivity contribution is 0.0696. The number of nitrogens with one attached hydrogen (secondary N) is 1. The number of rotatable bonds is 6. The molecule has 0 aliphatic rings. The fourth-order valence-corrected chi connectivity index (χ4v) is 2.35. The first-order chi connectivity index (χ1) is 7.13. The molecule has 6 heteroatoms. The van der Waals surface area contributed by atoms with Gasteiger partial charge < -0.3 is 10.4 Å². The first-order valence-electron chi connectivity index (χ1n) is 4.53. The monoisotopic (exact) mass is 246 g/mol. The van der Waals surface area contributed by atoms with Gasteiger partial charge in [-0.15, -0.1) is 11.3 Å². The molecule has 1 atom stereocenters. The maximum Gasteiger partial charge on any atom is 0.365 e. The topological polar surface area (TPSA) is 62.2 Å². The molecule has 0 saturated heterocycles. The molecule has 15 heavy (non-hydrogen) atoms. The van der Waals surface area contributed by atoms with Gasteiger partial charge in [-0.3, -0.25) is 0 Å². The summed E-state index contributed by atoms with van der Waals surface area (Å²) in [5.74, 6) is 0.0824. The van der Waals surface area contributed by atoms with Gasteiger partial charge in [-0.1, -0.05) is 0 Å². The highest BCUT2D eigenvalue weighted by Gasteiger charge is 2.09. The molecule has 0 fully saturated rings. The van der Waals surface area contributed by atoms with Gasteiger partial charge in [0.05, 0.1) is 5.69 Å². The fourth-order valence-electron chi connectivity index (χ4n) is 1.07. The van der Waals surface area contributed by atoms with E-state index in [1.54, 1.807) is 17.1 Å². The van der Waals surface area contributed by atoms with Gasteiger partial charge >= 0.3 is 5.97 Å². The van der Waals surface area contributed by atoms with E-state index in [0.717, 1.165) is 11.4 Å². The van der Waals surface area contributed by atoms with E-state index in [9.17, 15) is 4.79 Å². The van der Waals surface area contributed by atoms with Crippen molar-refractivity contribution in [1.29, 1.82) is 0 Å². The predicted octanol–water partition coefficient (Wildman–Crippen LogP) is 1.68. The molecule has 1 aromatic rings. The summed E-state index contributed by atoms with van der Waals surface area (Å²) < 4.78 is 0. The Hall–Kier alpha value is -0.590. The average Bonchev–Trinajstić information content (AvgIpc) is 2.63. The molecule has 0 spiro atoms. The SMILES string of the molecule is CSCC(C)NCc1csc(C(=O)O)n1. The van der Waals surface area contributed by atoms with Crippen molar-refractivity contribution < 1.29 is 9.90 Å². The van der Waals surface area contributed by atoms with Crippen LogP contribution in [0.1, 0.15) is 22.4 Å². The Morgan fingerprint density at radius 2 is 2.53 bits per heavy atom. The number of carboxylic acids is 1. The van der Waals surface area contributed by atoms with Crippen molar-refractivity contribution >= 4 is 29.1 Å². The summed E-state index contributed by atoms with van der Waals surface area (Å²) in [6.45, 7) is 2.73. The highest BCUT2D eigenvalue weighted by Crippen LogP contribution is 2.09. The molecule has 0 aromatic carbocycles. The standard InChI is InChI=1S/C9H14N2O2S2/c1-6(4-14-2)10-3-7-5-15-8(11-7)9(12)13/h5-6,10H,3-4H2,1-2H3,(H,12,13). The van der Waals surface area contributed by atoms with Gasteiger partial charge in [0.25, 0.3) is 0 Å². The van der Waals surface area contributed by atoms with Gasteiger partial charge in [0.15, 0.2) is 0 Å². The minimum absolute atomic E-state index is 0.157. The van der Waals surface area contributed by atoms with Crippen LogP contribution in [0.4, 0.5) is 0 Å². The Bertz CT molecular complexity index is 328. The van der Waals surface area contributed by atoms with Crippen LogP contribution in [-0.4, -0.2) is 34.1 Å². The van der Waals surface area contributed by atoms with E-state index in [1.807, 2.05) is 0 Å². The number of hydrogen-bond acceptors (Lipinski definition) is 5. The largest absolute Gasteiger partial charge is 0.476 e. The van der Waals surface area contributed by atoms with Crippen LogP contribution in [-0.2, 0) is 6.54 Å². The Kier molecular flexibility index (Phi) is 5.07. The van der Waals surface area contributed by atoms with Crippen molar-refractivity contribution in [3.8, 4) is 0 Å². The molecule has 2 N–H and O–H groups in total. The molecule has 84 valence electrons. The van der Waals surface area contributed by atoms with E-state index >= 15 is 0 Å². The van der Waals surface area contributed by atoms with Crippen LogP contribution < -0.4 is 5.32 Å². The van der Waals surface area contributed by atoms with Gasteiger partial charge in [-0.05, 0) is 13.2 Å². The minimum Gasteiger partial charge on any atom is -0.476 e. The molecule has 0 radical (unpaired) electrons. The van der Waals surface area contributed by atoms with E-state index in [0.29, 0.717) is 12.6 Å². The van der Waals surface area contributed by atoms with E-state index in [1.165, 1.54) is 11.3 Å². The minimum atomic E-state index is -0.955. The molecule has 0 bridgehead atoms. The number of nitrogens with zero attached hydrogens (tertiary/aromatic N) is 1. The third-order valence-corrected chi connectivity index (χ3v) is 3.50. The van der Waals surface area contributed by atoms with E-state index in [2.05, 4.69) is 23.5 Å². The van der Waals surface area contributed by atoms with Gasteiger partial charge in [0.1, 0.15) is 0 Å². The van der Waals surface area contributed by atoms with Crippen LogP contribution in [0.5, 0.6) is 0 Å². The third-order valence-electron chi connectivity index (χ3n) is 1.78. The van der Waals surface area contributed by atoms with Crippen molar-refractivity contribution in [2.75, 3.05) is 12.0 Å². The quantitative estimate of drug-likeness (QED) is 0.799. The Morgan fingerprint density at radius 3 is 3.07 bits per heavy atom. The fraction of sp³-hybridized carbons (Fsp3) is 0.556. The second-order valence-electron chi connectivity index (χ2n) is 3.19. The summed E-state index contributed by atoms with van der Waals surface area (Å²) >= 11 is 2.95. The number of carboxylic acid groups (broad SMARTS) is 1. The number of thiazole rings is 1. The van der Waals surface area contributed by atoms with Crippen molar-refractivity contribution in [1.82, 2.24) is 10.3 Å². The number of carbonyl (C=O) groups is 1. The molecule has 1 aromatic heterocycles. The Labute approximate surface area is 97.1 Å². The zero-order chi connectivity index (χ0) is 11.3. The van der Waals surface area contributed by atoms with Gasteiger partial charge in [-0.25, -0.2) is 9.78 Å². The molecular formula is C9H14N2O2S2. The summed E-state index contributed by atoms with van der Waals surface area (Å²) in [6.07, 6.45) is 2.06. The van der Waals surface area contributed by atoms with Crippen LogP contribution in [0.25, 0.3) is 0 Å². The molecule has 1 unspecified atom stereocenters. The zero-order valence-electron chi connectivity index (χ0n) is 8.69. The summed E-state index contributed by atoms with van der Waals surface area (Å²) in [4.78, 5) is 14.6. The second kappa shape index (κ2) is 6.09. The average molecular weight is 246 g/mol. The first kappa shape index (κ1) is 12.5. The van der Waals surface area contributed by atoms with Crippen LogP contribution in [0.2, 0.25) is 0 Å². The summed E-state index contributed by atoms with van der Waals surface area (Å²) in [5.41, 5.74) is 0.797. The molecule has 0 aliphatic carbocycles. The van der Waals surface area contributed by atoms with Gasteiger partial charge in [-0.2, -0.15) is 11.8 Å². The van der Waals surface area contributed by atoms with Crippen LogP contribution >= 0.6 is 23.1 Å². The van der Waals surface area contributed by atoms with Crippen molar-refractivity contribution in [3.63, 3.8) is 0 Å². The van der Waals surface area contributed by atoms with Gasteiger partial charge in [0, 0.05) is 23.7 Å². The molecule has 4 nitrogen and oxygen atoms in total. The maximum atomic E-state index is 10.6. The third kappa shape index (κ3) is 4.19. The van der Waals surface area contributed by atoms with E-state index in [-0.39, 0.29) is 5.01 Å². The number of aromatic nitrogens is 1. The normalized spacial score (nSPS) is 12.7. The molecular weight excluding hydrogens is 232 g/mol. The van der Waals surface area contributed by atoms with Crippen LogP contribution in [0.3, 0.4) is 0 Å². The number of thioether (sulfide) groups is 1. The Morgan fingerprint density at radius 1 is 1.80 bits per heavy atom. The zero-order valence-corrected chi connectivity index (χ0v) is 10.3. The Balaban J connectivity index is 2.40. The second-order valence-corrected chi connectivity index (χ2v) is 4.96. The lowest BCUT2D eigenvalue weighted by atomic mass is 10.3. The lowest BCUT2D eigenvalue weighted by Gasteiger charge is -2.10. The van der Waals surface area contributed by atoms with Crippen LogP contribution in [0, 0.1) is 0 Å². The van der Waals surface area contributed by atoms with Crippen molar-refractivity contribution in [2.24, 2.45) is 0 Å². The number of hydrogen-bond donors (Lipinski definition) is 2. The maximum absolute atomic E-state index is 10.6. The molecule has 1 rings (SSSR count). The smallest absolute Gasteiger partial charge is 0.365 e. The predicted molar refractivity (Wildman–Crippen MR) is 63.8 cm³/mol. The summed E-state index contributed by atoms with van der Waals surface area (Å²) in [6, 6.07) is 0.412. The van der Waals surface area contributed by atoms with Crippen molar-refractivity contribution in [3.05, 3.63) is 16.1 Å². The van der Waals surface area contributed by atoms with E-state index < -0.39 is 5.97 Å². The van der Waals surface area contributed by atoms with E-state index in [4.69, 9.17) is 5.11 Å². The summed E-state index contributed by atoms with van der Waals surface area (Å²) in [5, 5.41) is 13.9. The van der Waals surface area contributed by atoms with Gasteiger partial charge in [0.2, 0.25) is 5.01 Å². The molecule has 0 aliphatic heterocycles. The highest BCUT2D eigenvalue weighted by atomic mass is 32.2. The summed E-state index contributed by atoms with van der Waals surface area (Å²) in [7, 11) is 0. The van der Waals surface area contributed by atoms with Crippen LogP contribution in [0.15, 0.2) is 5.38 Å². The highest BCUT2D eigenvalue weighted by molar-refractivity contribution is 7.98.